The Bertz CT molecular complexity index is 445. The first kappa shape index (κ1) is 10.7. The van der Waals surface area contributed by atoms with Gasteiger partial charge >= 0.3 is 0 Å². The number of hydrogen-bond acceptors (Lipinski definition) is 5. The van der Waals surface area contributed by atoms with E-state index in [0.29, 0.717) is 11.7 Å². The number of carbonyl (C=O) groups is 1. The van der Waals surface area contributed by atoms with Gasteiger partial charge in [0.1, 0.15) is 5.76 Å². The Morgan fingerprint density at radius 2 is 2.47 bits per heavy atom. The van der Waals surface area contributed by atoms with E-state index in [4.69, 9.17) is 15.0 Å². The van der Waals surface area contributed by atoms with Gasteiger partial charge in [-0.05, 0) is 13.3 Å². The summed E-state index contributed by atoms with van der Waals surface area (Å²) in [4.78, 5) is 11.9. The quantitative estimate of drug-likeness (QED) is 0.745. The normalized spacial score (nSPS) is 35.2. The van der Waals surface area contributed by atoms with Crippen molar-refractivity contribution in [1.82, 2.24) is 10.5 Å². The fourth-order valence-corrected chi connectivity index (χ4v) is 2.63. The molecule has 0 radical (unpaired) electrons. The molecule has 6 nitrogen and oxygen atoms in total. The van der Waals surface area contributed by atoms with Gasteiger partial charge in [-0.15, -0.1) is 0 Å². The van der Waals surface area contributed by atoms with Crippen molar-refractivity contribution in [2.45, 2.75) is 31.5 Å². The third-order valence-electron chi connectivity index (χ3n) is 3.60. The van der Waals surface area contributed by atoms with E-state index in [1.807, 2.05) is 0 Å². The SMILES string of the molecule is Cc1cc(C(=O)NC2C(N)C3CCOC32)no1. The molecule has 17 heavy (non-hydrogen) atoms. The fourth-order valence-electron chi connectivity index (χ4n) is 2.63. The highest BCUT2D eigenvalue weighted by atomic mass is 16.5. The summed E-state index contributed by atoms with van der Waals surface area (Å²) in [7, 11) is 0. The number of hydrogen-bond donors (Lipinski definition) is 2. The predicted octanol–water partition coefficient (Wildman–Crippen LogP) is -0.173. The lowest BCUT2D eigenvalue weighted by molar-refractivity contribution is -0.0162. The first-order chi connectivity index (χ1) is 8.16. The zero-order chi connectivity index (χ0) is 12.0. The lowest BCUT2D eigenvalue weighted by atomic mass is 9.72. The van der Waals surface area contributed by atoms with Crippen LogP contribution < -0.4 is 11.1 Å². The third-order valence-corrected chi connectivity index (χ3v) is 3.60. The molecule has 1 saturated heterocycles. The van der Waals surface area contributed by atoms with E-state index >= 15 is 0 Å². The largest absolute Gasteiger partial charge is 0.376 e. The summed E-state index contributed by atoms with van der Waals surface area (Å²) in [6.07, 6.45) is 1.06. The Hall–Kier alpha value is -1.40. The molecule has 3 rings (SSSR count). The number of rotatable bonds is 2. The molecule has 2 heterocycles. The number of carbonyl (C=O) groups excluding carboxylic acids is 1. The summed E-state index contributed by atoms with van der Waals surface area (Å²) in [5.41, 5.74) is 6.29. The van der Waals surface area contributed by atoms with E-state index in [2.05, 4.69) is 10.5 Å². The molecule has 0 bridgehead atoms. The van der Waals surface area contributed by atoms with Crippen LogP contribution in [0.5, 0.6) is 0 Å². The Morgan fingerprint density at radius 1 is 1.65 bits per heavy atom. The number of nitrogens with two attached hydrogens (primary N) is 1. The number of nitrogens with one attached hydrogen (secondary N) is 1. The topological polar surface area (TPSA) is 90.4 Å². The molecule has 6 heteroatoms. The van der Waals surface area contributed by atoms with Crippen molar-refractivity contribution in [3.05, 3.63) is 17.5 Å². The molecule has 1 saturated carbocycles. The molecular formula is C11H15N3O3. The van der Waals surface area contributed by atoms with Gasteiger partial charge in [-0.3, -0.25) is 4.79 Å². The van der Waals surface area contributed by atoms with E-state index in [0.717, 1.165) is 13.0 Å². The molecule has 92 valence electrons. The van der Waals surface area contributed by atoms with E-state index in [1.54, 1.807) is 13.0 Å². The Balaban J connectivity index is 1.66. The van der Waals surface area contributed by atoms with Crippen LogP contribution in [-0.2, 0) is 4.74 Å². The van der Waals surface area contributed by atoms with Gasteiger partial charge in [-0.25, -0.2) is 0 Å². The summed E-state index contributed by atoms with van der Waals surface area (Å²) in [6.45, 7) is 2.48. The summed E-state index contributed by atoms with van der Waals surface area (Å²) in [5.74, 6) is 0.749. The maximum absolute atomic E-state index is 11.9. The number of aromatic nitrogens is 1. The highest BCUT2D eigenvalue weighted by molar-refractivity contribution is 5.92. The van der Waals surface area contributed by atoms with Crippen LogP contribution in [0.4, 0.5) is 0 Å². The second-order valence-electron chi connectivity index (χ2n) is 4.69. The highest BCUT2D eigenvalue weighted by Gasteiger charge is 2.52. The van der Waals surface area contributed by atoms with Crippen LogP contribution in [0.15, 0.2) is 10.6 Å². The van der Waals surface area contributed by atoms with Crippen molar-refractivity contribution in [3.8, 4) is 0 Å². The summed E-state index contributed by atoms with van der Waals surface area (Å²) < 4.78 is 10.4. The lowest BCUT2D eigenvalue weighted by Gasteiger charge is -2.45. The molecule has 3 N–H and O–H groups in total. The molecule has 1 aromatic heterocycles. The minimum Gasteiger partial charge on any atom is -0.376 e. The van der Waals surface area contributed by atoms with E-state index in [1.165, 1.54) is 0 Å². The first-order valence-corrected chi connectivity index (χ1v) is 5.78. The van der Waals surface area contributed by atoms with Gasteiger partial charge < -0.3 is 20.3 Å². The second-order valence-corrected chi connectivity index (χ2v) is 4.69. The van der Waals surface area contributed by atoms with Crippen molar-refractivity contribution in [1.29, 1.82) is 0 Å². The zero-order valence-corrected chi connectivity index (χ0v) is 9.55. The molecule has 1 aromatic rings. The number of aryl methyl sites for hydroxylation is 1. The monoisotopic (exact) mass is 237 g/mol. The van der Waals surface area contributed by atoms with Gasteiger partial charge in [-0.1, -0.05) is 5.16 Å². The minimum atomic E-state index is -0.253. The summed E-state index contributed by atoms with van der Waals surface area (Å²) >= 11 is 0. The molecule has 1 amide bonds. The van der Waals surface area contributed by atoms with Gasteiger partial charge in [0.2, 0.25) is 0 Å². The molecular weight excluding hydrogens is 222 g/mol. The smallest absolute Gasteiger partial charge is 0.273 e. The minimum absolute atomic E-state index is 0.0144. The molecule has 4 unspecified atom stereocenters. The van der Waals surface area contributed by atoms with Crippen molar-refractivity contribution < 1.29 is 14.1 Å². The van der Waals surface area contributed by atoms with Gasteiger partial charge in [0.25, 0.3) is 5.91 Å². The molecule has 2 fully saturated rings. The van der Waals surface area contributed by atoms with Gasteiger partial charge in [0.15, 0.2) is 5.69 Å². The van der Waals surface area contributed by atoms with Crippen molar-refractivity contribution in [3.63, 3.8) is 0 Å². The average Bonchev–Trinajstić information content (AvgIpc) is 2.92. The molecule has 0 spiro atoms. The van der Waals surface area contributed by atoms with Crippen LogP contribution in [0.3, 0.4) is 0 Å². The highest BCUT2D eigenvalue weighted by Crippen LogP contribution is 2.37. The summed E-state index contributed by atoms with van der Waals surface area (Å²) in [5, 5.41) is 6.52. The van der Waals surface area contributed by atoms with E-state index in [9.17, 15) is 4.79 Å². The molecule has 1 aliphatic carbocycles. The Morgan fingerprint density at radius 3 is 3.18 bits per heavy atom. The summed E-state index contributed by atoms with van der Waals surface area (Å²) in [6, 6.07) is 1.48. The Labute approximate surface area is 98.5 Å². The van der Waals surface area contributed by atoms with Crippen LogP contribution in [0.1, 0.15) is 22.7 Å². The van der Waals surface area contributed by atoms with Crippen LogP contribution in [0.2, 0.25) is 0 Å². The first-order valence-electron chi connectivity index (χ1n) is 5.78. The van der Waals surface area contributed by atoms with Gasteiger partial charge in [0.05, 0.1) is 12.1 Å². The van der Waals surface area contributed by atoms with Gasteiger partial charge in [-0.2, -0.15) is 0 Å². The molecule has 1 aliphatic heterocycles. The number of fused-ring (bicyclic) bond motifs is 1. The number of ether oxygens (including phenoxy) is 1. The maximum Gasteiger partial charge on any atom is 0.273 e. The third kappa shape index (κ3) is 1.64. The Kier molecular flexibility index (Phi) is 2.41. The van der Waals surface area contributed by atoms with Crippen LogP contribution in [0.25, 0.3) is 0 Å². The second kappa shape index (κ2) is 3.82. The van der Waals surface area contributed by atoms with Gasteiger partial charge in [0, 0.05) is 24.6 Å². The standard InChI is InChI=1S/C11H15N3O3/c1-5-4-7(14-17-5)11(15)13-9-8(12)6-2-3-16-10(6)9/h4,6,8-10H,2-3,12H2,1H3,(H,13,15). The average molecular weight is 237 g/mol. The van der Waals surface area contributed by atoms with E-state index < -0.39 is 0 Å². The van der Waals surface area contributed by atoms with Crippen LogP contribution in [-0.4, -0.2) is 35.9 Å². The molecule has 2 aliphatic rings. The molecule has 0 aromatic carbocycles. The van der Waals surface area contributed by atoms with Crippen molar-refractivity contribution in [2.24, 2.45) is 11.7 Å². The molecule has 4 atom stereocenters. The predicted molar refractivity (Wildman–Crippen MR) is 58.3 cm³/mol. The van der Waals surface area contributed by atoms with E-state index in [-0.39, 0.29) is 29.8 Å². The zero-order valence-electron chi connectivity index (χ0n) is 9.55. The number of amides is 1. The van der Waals surface area contributed by atoms with Crippen molar-refractivity contribution in [2.75, 3.05) is 6.61 Å². The van der Waals surface area contributed by atoms with Crippen molar-refractivity contribution >= 4 is 5.91 Å². The van der Waals surface area contributed by atoms with Crippen LogP contribution in [0, 0.1) is 12.8 Å². The maximum atomic E-state index is 11.9. The number of nitrogens with zero attached hydrogens (tertiary/aromatic N) is 1. The fraction of sp³-hybridized carbons (Fsp3) is 0.636. The lowest BCUT2D eigenvalue weighted by Crippen LogP contribution is -2.68. The van der Waals surface area contributed by atoms with Crippen LogP contribution >= 0.6 is 0 Å².